The van der Waals surface area contributed by atoms with Gasteiger partial charge in [-0.1, -0.05) is 30.5 Å². The molecule has 0 saturated heterocycles. The summed E-state index contributed by atoms with van der Waals surface area (Å²) in [7, 11) is 3.30. The molecule has 1 aromatic rings. The van der Waals surface area contributed by atoms with Gasteiger partial charge in [0.2, 0.25) is 0 Å². The maximum Gasteiger partial charge on any atom is 0.546 e. The summed E-state index contributed by atoms with van der Waals surface area (Å²) in [6, 6.07) is 5.70. The molecule has 4 heteroatoms. The number of benzene rings is 1. The molecule has 0 radical (unpaired) electrons. The van der Waals surface area contributed by atoms with Gasteiger partial charge in [0.25, 0.3) is 0 Å². The van der Waals surface area contributed by atoms with E-state index in [4.69, 9.17) is 13.3 Å². The van der Waals surface area contributed by atoms with Crippen molar-refractivity contribution in [3.05, 3.63) is 18.2 Å². The van der Waals surface area contributed by atoms with Crippen molar-refractivity contribution < 1.29 is 13.3 Å². The van der Waals surface area contributed by atoms with Crippen molar-refractivity contribution in [1.82, 2.24) is 0 Å². The van der Waals surface area contributed by atoms with Crippen LogP contribution in [-0.2, 0) is 0 Å². The van der Waals surface area contributed by atoms with E-state index in [0.29, 0.717) is 0 Å². The Kier molecular flexibility index (Phi) is 5.51. The SMILES string of the molecule is C[CH2][Al]([CH2]C)[O]c1c(OC)cccc1OC. The lowest BCUT2D eigenvalue weighted by Gasteiger charge is -2.18. The van der Waals surface area contributed by atoms with Crippen LogP contribution in [0.3, 0.4) is 0 Å². The summed E-state index contributed by atoms with van der Waals surface area (Å²) in [5, 5.41) is 2.22. The van der Waals surface area contributed by atoms with E-state index in [0.717, 1.165) is 27.8 Å². The van der Waals surface area contributed by atoms with Gasteiger partial charge in [0, 0.05) is 0 Å². The highest BCUT2D eigenvalue weighted by molar-refractivity contribution is 6.52. The maximum atomic E-state index is 6.05. The van der Waals surface area contributed by atoms with E-state index in [1.807, 2.05) is 18.2 Å². The Morgan fingerprint density at radius 1 is 1.00 bits per heavy atom. The summed E-state index contributed by atoms with van der Waals surface area (Å²) in [6.07, 6.45) is 0. The monoisotopic (exact) mass is 238 g/mol. The first-order chi connectivity index (χ1) is 7.76. The summed E-state index contributed by atoms with van der Waals surface area (Å²) in [4.78, 5) is 0. The minimum absolute atomic E-state index is 0.749. The highest BCUT2D eigenvalue weighted by atomic mass is 27.2. The Morgan fingerprint density at radius 3 is 1.88 bits per heavy atom. The van der Waals surface area contributed by atoms with E-state index in [1.165, 1.54) is 0 Å². The van der Waals surface area contributed by atoms with E-state index in [-0.39, 0.29) is 0 Å². The van der Waals surface area contributed by atoms with Crippen LogP contribution in [0.5, 0.6) is 17.2 Å². The van der Waals surface area contributed by atoms with Crippen LogP contribution >= 0.6 is 0 Å². The molecule has 3 nitrogen and oxygen atoms in total. The smallest absolute Gasteiger partial charge is 0.546 e. The van der Waals surface area contributed by atoms with Crippen molar-refractivity contribution in [2.45, 2.75) is 24.4 Å². The number of para-hydroxylation sites is 1. The molecule has 0 amide bonds. The number of methoxy groups -OCH3 is 2. The van der Waals surface area contributed by atoms with Crippen LogP contribution in [0.1, 0.15) is 13.8 Å². The molecule has 0 heterocycles. The Labute approximate surface area is 102 Å². The summed E-state index contributed by atoms with van der Waals surface area (Å²) >= 11 is -1.16. The van der Waals surface area contributed by atoms with Crippen molar-refractivity contribution >= 4 is 14.5 Å². The molecule has 88 valence electrons. The quantitative estimate of drug-likeness (QED) is 0.713. The van der Waals surface area contributed by atoms with Crippen LogP contribution in [0.4, 0.5) is 0 Å². The molecule has 1 aromatic carbocycles. The second-order valence-corrected chi connectivity index (χ2v) is 6.66. The third-order valence-electron chi connectivity index (χ3n) is 2.58. The van der Waals surface area contributed by atoms with Gasteiger partial charge in [-0.05, 0) is 12.1 Å². The molecule has 0 aliphatic carbocycles. The molecule has 0 N–H and O–H groups in total. The summed E-state index contributed by atoms with van der Waals surface area (Å²) in [5.41, 5.74) is 0. The summed E-state index contributed by atoms with van der Waals surface area (Å²) in [5.74, 6) is 2.25. The molecule has 0 fully saturated rings. The lowest BCUT2D eigenvalue weighted by molar-refractivity contribution is 0.362. The molecule has 0 aliphatic rings. The van der Waals surface area contributed by atoms with E-state index < -0.39 is 14.5 Å². The van der Waals surface area contributed by atoms with Crippen LogP contribution in [0.15, 0.2) is 18.2 Å². The lowest BCUT2D eigenvalue weighted by atomic mass is 10.3. The highest BCUT2D eigenvalue weighted by Crippen LogP contribution is 2.37. The van der Waals surface area contributed by atoms with Gasteiger partial charge < -0.3 is 13.3 Å². The molecular weight excluding hydrogens is 219 g/mol. The fourth-order valence-electron chi connectivity index (χ4n) is 1.56. The molecule has 0 bridgehead atoms. The molecule has 0 atom stereocenters. The van der Waals surface area contributed by atoms with E-state index in [1.54, 1.807) is 14.2 Å². The average Bonchev–Trinajstić information content (AvgIpc) is 2.35. The normalized spacial score (nSPS) is 9.75. The van der Waals surface area contributed by atoms with Crippen LogP contribution in [0.25, 0.3) is 0 Å². The third-order valence-corrected chi connectivity index (χ3v) is 4.97. The fourth-order valence-corrected chi connectivity index (χ4v) is 3.03. The van der Waals surface area contributed by atoms with Crippen molar-refractivity contribution in [3.63, 3.8) is 0 Å². The van der Waals surface area contributed by atoms with Gasteiger partial charge in [-0.3, -0.25) is 0 Å². The first-order valence-electron chi connectivity index (χ1n) is 5.64. The van der Waals surface area contributed by atoms with Gasteiger partial charge in [0.1, 0.15) is 0 Å². The van der Waals surface area contributed by atoms with E-state index in [2.05, 4.69) is 13.8 Å². The van der Waals surface area contributed by atoms with Crippen LogP contribution in [0.2, 0.25) is 10.6 Å². The zero-order valence-corrected chi connectivity index (χ0v) is 11.6. The van der Waals surface area contributed by atoms with Crippen molar-refractivity contribution in [1.29, 1.82) is 0 Å². The van der Waals surface area contributed by atoms with Crippen LogP contribution in [-0.4, -0.2) is 28.7 Å². The van der Waals surface area contributed by atoms with E-state index in [9.17, 15) is 0 Å². The van der Waals surface area contributed by atoms with Gasteiger partial charge in [-0.15, -0.1) is 0 Å². The molecule has 0 spiro atoms. The Balaban J connectivity index is 2.98. The molecule has 0 saturated carbocycles. The number of rotatable bonds is 6. The topological polar surface area (TPSA) is 27.7 Å². The highest BCUT2D eigenvalue weighted by Gasteiger charge is 2.22. The van der Waals surface area contributed by atoms with Crippen LogP contribution in [0, 0.1) is 0 Å². The Morgan fingerprint density at radius 2 is 1.50 bits per heavy atom. The first-order valence-corrected chi connectivity index (χ1v) is 7.74. The van der Waals surface area contributed by atoms with Crippen molar-refractivity contribution in [2.75, 3.05) is 14.2 Å². The number of ether oxygens (including phenoxy) is 2. The maximum absolute atomic E-state index is 6.05. The zero-order chi connectivity index (χ0) is 12.0. The second-order valence-electron chi connectivity index (χ2n) is 3.55. The minimum Gasteiger partial charge on any atom is -0.637 e. The van der Waals surface area contributed by atoms with Gasteiger partial charge in [-0.2, -0.15) is 0 Å². The van der Waals surface area contributed by atoms with Crippen molar-refractivity contribution in [2.24, 2.45) is 0 Å². The largest absolute Gasteiger partial charge is 0.637 e. The molecular formula is C12H19AlO3. The molecule has 0 aromatic heterocycles. The summed E-state index contributed by atoms with van der Waals surface area (Å²) in [6.45, 7) is 4.34. The third kappa shape index (κ3) is 3.07. The average molecular weight is 238 g/mol. The Bertz CT molecular complexity index is 302. The second kappa shape index (κ2) is 6.67. The summed E-state index contributed by atoms with van der Waals surface area (Å²) < 4.78 is 16.6. The minimum atomic E-state index is -1.16. The fraction of sp³-hybridized carbons (Fsp3) is 0.500. The number of hydrogen-bond acceptors (Lipinski definition) is 3. The van der Waals surface area contributed by atoms with Gasteiger partial charge >= 0.3 is 14.5 Å². The van der Waals surface area contributed by atoms with E-state index >= 15 is 0 Å². The van der Waals surface area contributed by atoms with Gasteiger partial charge in [0.15, 0.2) is 17.2 Å². The first kappa shape index (κ1) is 13.2. The Hall–Kier alpha value is -0.848. The van der Waals surface area contributed by atoms with Gasteiger partial charge in [-0.25, -0.2) is 0 Å². The molecule has 0 aliphatic heterocycles. The standard InChI is InChI=1S/C8H10O3.2C2H5.Al/c1-10-6-4-3-5-7(11-2)8(6)9;2*1-2;/h3-5,9H,1-2H3;2*1H2,2H3;/q;;;+1/p-1. The van der Waals surface area contributed by atoms with Crippen molar-refractivity contribution in [3.8, 4) is 17.2 Å². The molecule has 0 unspecified atom stereocenters. The molecule has 16 heavy (non-hydrogen) atoms. The van der Waals surface area contributed by atoms with Gasteiger partial charge in [0.05, 0.1) is 14.2 Å². The zero-order valence-electron chi connectivity index (χ0n) is 10.4. The predicted molar refractivity (Wildman–Crippen MR) is 66.9 cm³/mol. The van der Waals surface area contributed by atoms with Crippen LogP contribution < -0.4 is 13.3 Å². The lowest BCUT2D eigenvalue weighted by Crippen LogP contribution is -2.19. The number of hydrogen-bond donors (Lipinski definition) is 0. The predicted octanol–water partition coefficient (Wildman–Crippen LogP) is 3.11. The molecule has 1 rings (SSSR count).